The van der Waals surface area contributed by atoms with Gasteiger partial charge in [-0.3, -0.25) is 14.4 Å². The zero-order valence-electron chi connectivity index (χ0n) is 11.7. The van der Waals surface area contributed by atoms with Crippen molar-refractivity contribution in [2.75, 3.05) is 5.75 Å². The Balaban J connectivity index is 4.59. The first kappa shape index (κ1) is 19.2. The number of carboxylic acids is 2. The molecule has 0 radical (unpaired) electrons. The van der Waals surface area contributed by atoms with E-state index in [1.807, 2.05) is 6.92 Å². The van der Waals surface area contributed by atoms with E-state index >= 15 is 0 Å². The fourth-order valence-corrected chi connectivity index (χ4v) is 1.74. The number of thiol groups is 1. The molecule has 2 atom stereocenters. The number of nitrogens with one attached hydrogen (secondary N) is 2. The Morgan fingerprint density at radius 1 is 1.05 bits per heavy atom. The highest BCUT2D eigenvalue weighted by Crippen LogP contribution is 2.00. The van der Waals surface area contributed by atoms with Gasteiger partial charge in [0.1, 0.15) is 12.1 Å². The third-order valence-corrected chi connectivity index (χ3v) is 2.94. The highest BCUT2D eigenvalue weighted by molar-refractivity contribution is 7.80. The second-order valence-electron chi connectivity index (χ2n) is 4.38. The lowest BCUT2D eigenvalue weighted by molar-refractivity contribution is -0.143. The Morgan fingerprint density at radius 3 is 2.10 bits per heavy atom. The summed E-state index contributed by atoms with van der Waals surface area (Å²) in [7, 11) is 0. The van der Waals surface area contributed by atoms with E-state index in [4.69, 9.17) is 10.2 Å². The summed E-state index contributed by atoms with van der Waals surface area (Å²) < 4.78 is 0. The summed E-state index contributed by atoms with van der Waals surface area (Å²) in [6.45, 7) is 1.81. The van der Waals surface area contributed by atoms with Crippen LogP contribution in [0.3, 0.4) is 0 Å². The van der Waals surface area contributed by atoms with E-state index in [-0.39, 0.29) is 30.9 Å². The minimum atomic E-state index is -1.33. The summed E-state index contributed by atoms with van der Waals surface area (Å²) in [4.78, 5) is 44.7. The van der Waals surface area contributed by atoms with Crippen LogP contribution in [-0.4, -0.2) is 51.8 Å². The maximum Gasteiger partial charge on any atom is 0.326 e. The van der Waals surface area contributed by atoms with Crippen molar-refractivity contribution in [2.45, 2.75) is 44.7 Å². The van der Waals surface area contributed by atoms with E-state index in [9.17, 15) is 19.2 Å². The Labute approximate surface area is 127 Å². The van der Waals surface area contributed by atoms with Crippen LogP contribution in [0.25, 0.3) is 0 Å². The molecular weight excluding hydrogens is 300 g/mol. The van der Waals surface area contributed by atoms with Crippen molar-refractivity contribution >= 4 is 36.4 Å². The number of hydrogen-bond acceptors (Lipinski definition) is 5. The highest BCUT2D eigenvalue weighted by atomic mass is 32.1. The van der Waals surface area contributed by atoms with Gasteiger partial charge in [0.2, 0.25) is 11.8 Å². The second-order valence-corrected chi connectivity index (χ2v) is 4.75. The second kappa shape index (κ2) is 10.0. The molecule has 0 aromatic rings. The number of amides is 2. The van der Waals surface area contributed by atoms with E-state index in [1.165, 1.54) is 0 Å². The largest absolute Gasteiger partial charge is 0.481 e. The molecule has 0 spiro atoms. The van der Waals surface area contributed by atoms with Crippen LogP contribution < -0.4 is 10.6 Å². The number of carbonyl (C=O) groups excluding carboxylic acids is 2. The zero-order valence-corrected chi connectivity index (χ0v) is 12.6. The fourth-order valence-electron chi connectivity index (χ4n) is 1.49. The van der Waals surface area contributed by atoms with Crippen LogP contribution in [0.1, 0.15) is 32.6 Å². The minimum Gasteiger partial charge on any atom is -0.481 e. The molecular formula is C12H20N2O6S. The molecule has 0 bridgehead atoms. The van der Waals surface area contributed by atoms with Gasteiger partial charge in [-0.25, -0.2) is 4.79 Å². The predicted molar refractivity (Wildman–Crippen MR) is 77.1 cm³/mol. The first-order valence-electron chi connectivity index (χ1n) is 6.47. The first-order valence-corrected chi connectivity index (χ1v) is 7.10. The highest BCUT2D eigenvalue weighted by Gasteiger charge is 2.25. The summed E-state index contributed by atoms with van der Waals surface area (Å²) in [6, 6.07) is -2.28. The van der Waals surface area contributed by atoms with Crippen molar-refractivity contribution in [3.05, 3.63) is 0 Å². The average Bonchev–Trinajstić information content (AvgIpc) is 2.40. The maximum absolute atomic E-state index is 11.9. The lowest BCUT2D eigenvalue weighted by Gasteiger charge is -2.19. The molecule has 0 aromatic heterocycles. The smallest absolute Gasteiger partial charge is 0.326 e. The molecule has 0 heterocycles. The fraction of sp³-hybridized carbons (Fsp3) is 0.667. The van der Waals surface area contributed by atoms with E-state index in [0.29, 0.717) is 6.42 Å². The van der Waals surface area contributed by atoms with E-state index < -0.39 is 29.9 Å². The number of carbonyl (C=O) groups is 4. The molecule has 4 N–H and O–H groups in total. The molecule has 0 fully saturated rings. The van der Waals surface area contributed by atoms with E-state index in [1.54, 1.807) is 0 Å². The molecule has 21 heavy (non-hydrogen) atoms. The number of rotatable bonds is 10. The molecule has 8 nitrogen and oxygen atoms in total. The Bertz CT molecular complexity index is 401. The summed E-state index contributed by atoms with van der Waals surface area (Å²) in [5.74, 6) is -3.51. The maximum atomic E-state index is 11.9. The van der Waals surface area contributed by atoms with E-state index in [2.05, 4.69) is 23.3 Å². The summed E-state index contributed by atoms with van der Waals surface area (Å²) in [5.41, 5.74) is 0. The molecule has 120 valence electrons. The molecule has 0 saturated carbocycles. The number of aliphatic carboxylic acids is 2. The van der Waals surface area contributed by atoms with Gasteiger partial charge >= 0.3 is 11.9 Å². The Kier molecular flexibility index (Phi) is 9.18. The average molecular weight is 320 g/mol. The monoisotopic (exact) mass is 320 g/mol. The topological polar surface area (TPSA) is 133 Å². The third-order valence-electron chi connectivity index (χ3n) is 2.57. The van der Waals surface area contributed by atoms with Gasteiger partial charge in [-0.15, -0.1) is 0 Å². The van der Waals surface area contributed by atoms with Crippen LogP contribution >= 0.6 is 12.6 Å². The Hall–Kier alpha value is -1.77. The van der Waals surface area contributed by atoms with Crippen LogP contribution in [0.15, 0.2) is 0 Å². The zero-order chi connectivity index (χ0) is 16.4. The van der Waals surface area contributed by atoms with Gasteiger partial charge in [-0.1, -0.05) is 6.92 Å². The van der Waals surface area contributed by atoms with Gasteiger partial charge in [0.25, 0.3) is 0 Å². The lowest BCUT2D eigenvalue weighted by Crippen LogP contribution is -2.52. The molecule has 0 aliphatic heterocycles. The normalized spacial score (nSPS) is 13.0. The lowest BCUT2D eigenvalue weighted by atomic mass is 10.1. The van der Waals surface area contributed by atoms with Gasteiger partial charge in [-0.05, 0) is 12.8 Å². The first-order chi connectivity index (χ1) is 9.81. The molecule has 0 rings (SSSR count). The standard InChI is InChI=1S/C12H20N2O6S/c1-2-3-9(15)13-8(6-21)11(18)14-7(12(19)20)4-5-10(16)17/h7-8,21H,2-6H2,1H3,(H,13,15)(H,14,18)(H,16,17)(H,19,20). The number of carboxylic acid groups (broad SMARTS) is 2. The SMILES string of the molecule is CCCC(=O)NC(CS)C(=O)NC(CCC(=O)O)C(=O)O. The van der Waals surface area contributed by atoms with Gasteiger partial charge < -0.3 is 20.8 Å². The van der Waals surface area contributed by atoms with Crippen molar-refractivity contribution in [1.29, 1.82) is 0 Å². The third kappa shape index (κ3) is 8.18. The van der Waals surface area contributed by atoms with Gasteiger partial charge in [-0.2, -0.15) is 12.6 Å². The van der Waals surface area contributed by atoms with Crippen LogP contribution in [0, 0.1) is 0 Å². The quantitative estimate of drug-likeness (QED) is 0.349. The van der Waals surface area contributed by atoms with Crippen LogP contribution in [-0.2, 0) is 19.2 Å². The molecule has 0 aliphatic rings. The molecule has 9 heteroatoms. The van der Waals surface area contributed by atoms with Gasteiger partial charge in [0.15, 0.2) is 0 Å². The molecule has 2 unspecified atom stereocenters. The molecule has 0 aromatic carbocycles. The molecule has 2 amide bonds. The molecule has 0 aliphatic carbocycles. The summed E-state index contributed by atoms with van der Waals surface area (Å²) in [6.07, 6.45) is 0.242. The summed E-state index contributed by atoms with van der Waals surface area (Å²) in [5, 5.41) is 22.1. The van der Waals surface area contributed by atoms with Crippen LogP contribution in [0.4, 0.5) is 0 Å². The summed E-state index contributed by atoms with van der Waals surface area (Å²) >= 11 is 3.94. The molecule has 0 saturated heterocycles. The predicted octanol–water partition coefficient (Wildman–Crippen LogP) is -0.365. The van der Waals surface area contributed by atoms with Crippen molar-refractivity contribution in [1.82, 2.24) is 10.6 Å². The van der Waals surface area contributed by atoms with Crippen LogP contribution in [0.5, 0.6) is 0 Å². The van der Waals surface area contributed by atoms with Crippen molar-refractivity contribution in [3.63, 3.8) is 0 Å². The van der Waals surface area contributed by atoms with E-state index in [0.717, 1.165) is 0 Å². The Morgan fingerprint density at radius 2 is 1.67 bits per heavy atom. The number of hydrogen-bond donors (Lipinski definition) is 5. The van der Waals surface area contributed by atoms with Crippen molar-refractivity contribution in [2.24, 2.45) is 0 Å². The van der Waals surface area contributed by atoms with Crippen LogP contribution in [0.2, 0.25) is 0 Å². The van der Waals surface area contributed by atoms with Gasteiger partial charge in [0.05, 0.1) is 0 Å². The van der Waals surface area contributed by atoms with Crippen molar-refractivity contribution < 1.29 is 29.4 Å². The minimum absolute atomic E-state index is 0.00651. The van der Waals surface area contributed by atoms with Crippen molar-refractivity contribution in [3.8, 4) is 0 Å². The van der Waals surface area contributed by atoms with Gasteiger partial charge in [0, 0.05) is 18.6 Å².